The van der Waals surface area contributed by atoms with Crippen LogP contribution in [0.5, 0.6) is 0 Å². The van der Waals surface area contributed by atoms with Gasteiger partial charge in [-0.3, -0.25) is 9.59 Å². The second kappa shape index (κ2) is 5.88. The monoisotopic (exact) mass is 265 g/mol. The van der Waals surface area contributed by atoms with E-state index >= 15 is 0 Å². The van der Waals surface area contributed by atoms with E-state index in [1.165, 1.54) is 22.9 Å². The van der Waals surface area contributed by atoms with Crippen LogP contribution in [0.15, 0.2) is 23.1 Å². The number of nitrogen functional groups attached to an aromatic ring is 1. The predicted molar refractivity (Wildman–Crippen MR) is 71.7 cm³/mol. The molecule has 1 aromatic heterocycles. The molecule has 6 nitrogen and oxygen atoms in total. The fraction of sp³-hybridized carbons (Fsp3) is 0.538. The van der Waals surface area contributed by atoms with Gasteiger partial charge in [-0.1, -0.05) is 0 Å². The summed E-state index contributed by atoms with van der Waals surface area (Å²) in [6.07, 6.45) is 3.41. The first-order valence-electron chi connectivity index (χ1n) is 6.45. The maximum atomic E-state index is 11.8. The van der Waals surface area contributed by atoms with Gasteiger partial charge in [0.15, 0.2) is 0 Å². The zero-order valence-electron chi connectivity index (χ0n) is 11.0. The molecule has 1 fully saturated rings. The van der Waals surface area contributed by atoms with Gasteiger partial charge < -0.3 is 20.4 Å². The van der Waals surface area contributed by atoms with E-state index in [4.69, 9.17) is 10.5 Å². The predicted octanol–water partition coefficient (Wildman–Crippen LogP) is 0.114. The normalized spacial score (nSPS) is 21.7. The molecule has 0 saturated heterocycles. The van der Waals surface area contributed by atoms with Gasteiger partial charge in [0, 0.05) is 30.6 Å². The van der Waals surface area contributed by atoms with Crippen molar-refractivity contribution < 1.29 is 9.53 Å². The number of hydrogen-bond acceptors (Lipinski definition) is 4. The second-order valence-electron chi connectivity index (χ2n) is 4.74. The zero-order chi connectivity index (χ0) is 13.8. The molecule has 104 valence electrons. The third-order valence-electron chi connectivity index (χ3n) is 3.18. The van der Waals surface area contributed by atoms with Crippen molar-refractivity contribution in [2.75, 3.05) is 12.3 Å². The lowest BCUT2D eigenvalue weighted by Gasteiger charge is -2.35. The largest absolute Gasteiger partial charge is 0.398 e. The highest BCUT2D eigenvalue weighted by Crippen LogP contribution is 2.22. The maximum Gasteiger partial charge on any atom is 0.251 e. The molecule has 19 heavy (non-hydrogen) atoms. The van der Waals surface area contributed by atoms with Crippen molar-refractivity contribution in [3.05, 3.63) is 28.7 Å². The van der Waals surface area contributed by atoms with Crippen molar-refractivity contribution in [2.45, 2.75) is 38.5 Å². The Kier molecular flexibility index (Phi) is 4.21. The van der Waals surface area contributed by atoms with E-state index in [0.29, 0.717) is 12.3 Å². The summed E-state index contributed by atoms with van der Waals surface area (Å²) in [5.41, 5.74) is 5.82. The Balaban J connectivity index is 1.82. The van der Waals surface area contributed by atoms with Crippen LogP contribution in [0.2, 0.25) is 0 Å². The summed E-state index contributed by atoms with van der Waals surface area (Å²) < 4.78 is 6.73. The fourth-order valence-corrected chi connectivity index (χ4v) is 2.16. The molecular formula is C13H19N3O3. The Bertz CT molecular complexity index is 506. The molecule has 1 aliphatic carbocycles. The quantitative estimate of drug-likeness (QED) is 0.791. The zero-order valence-corrected chi connectivity index (χ0v) is 11.0. The highest BCUT2D eigenvalue weighted by molar-refractivity contribution is 5.76. The smallest absolute Gasteiger partial charge is 0.251 e. The Labute approximate surface area is 111 Å². The number of carbonyl (C=O) groups excluding carboxylic acids is 1. The van der Waals surface area contributed by atoms with Gasteiger partial charge in [0.2, 0.25) is 5.91 Å². The Morgan fingerprint density at radius 3 is 2.95 bits per heavy atom. The highest BCUT2D eigenvalue weighted by atomic mass is 16.5. The number of nitrogens with zero attached hydrogens (tertiary/aromatic N) is 1. The lowest BCUT2D eigenvalue weighted by Crippen LogP contribution is -2.49. The first kappa shape index (κ1) is 13.6. The summed E-state index contributed by atoms with van der Waals surface area (Å²) >= 11 is 0. The average Bonchev–Trinajstić information content (AvgIpc) is 2.31. The Morgan fingerprint density at radius 2 is 2.26 bits per heavy atom. The number of amides is 1. The number of nitrogens with two attached hydrogens (primary N) is 1. The minimum atomic E-state index is -0.231. The number of rotatable bonds is 5. The first-order valence-corrected chi connectivity index (χ1v) is 6.45. The molecule has 2 rings (SSSR count). The number of hydrogen-bond donors (Lipinski definition) is 2. The van der Waals surface area contributed by atoms with Crippen molar-refractivity contribution in [1.29, 1.82) is 0 Å². The molecule has 1 amide bonds. The number of nitrogens with one attached hydrogen (secondary N) is 1. The number of carbonyl (C=O) groups is 1. The van der Waals surface area contributed by atoms with Crippen molar-refractivity contribution in [3.8, 4) is 0 Å². The van der Waals surface area contributed by atoms with E-state index in [-0.39, 0.29) is 30.2 Å². The Morgan fingerprint density at radius 1 is 1.53 bits per heavy atom. The molecule has 0 aliphatic heterocycles. The van der Waals surface area contributed by atoms with E-state index in [0.717, 1.165) is 12.8 Å². The summed E-state index contributed by atoms with van der Waals surface area (Å²) in [4.78, 5) is 23.3. The second-order valence-corrected chi connectivity index (χ2v) is 4.74. The number of anilines is 1. The molecule has 1 saturated carbocycles. The van der Waals surface area contributed by atoms with Crippen LogP contribution >= 0.6 is 0 Å². The van der Waals surface area contributed by atoms with Crippen LogP contribution in [0, 0.1) is 0 Å². The lowest BCUT2D eigenvalue weighted by atomic mass is 9.89. The lowest BCUT2D eigenvalue weighted by molar-refractivity contribution is -0.124. The molecule has 1 aliphatic rings. The molecule has 0 spiro atoms. The molecule has 0 bridgehead atoms. The fourth-order valence-electron chi connectivity index (χ4n) is 2.16. The van der Waals surface area contributed by atoms with Gasteiger partial charge >= 0.3 is 0 Å². The van der Waals surface area contributed by atoms with E-state index in [2.05, 4.69) is 5.32 Å². The van der Waals surface area contributed by atoms with Crippen LogP contribution < -0.4 is 16.6 Å². The molecule has 0 aromatic carbocycles. The van der Waals surface area contributed by atoms with Crippen molar-refractivity contribution in [2.24, 2.45) is 0 Å². The summed E-state index contributed by atoms with van der Waals surface area (Å²) in [5, 5.41) is 2.88. The van der Waals surface area contributed by atoms with Crippen LogP contribution in [0.3, 0.4) is 0 Å². The van der Waals surface area contributed by atoms with Crippen molar-refractivity contribution in [3.63, 3.8) is 0 Å². The Hall–Kier alpha value is -1.82. The minimum absolute atomic E-state index is 0.000322. The molecule has 1 aromatic rings. The van der Waals surface area contributed by atoms with Gasteiger partial charge in [-0.15, -0.1) is 0 Å². The van der Waals surface area contributed by atoms with Crippen LogP contribution in [0.4, 0.5) is 5.69 Å². The van der Waals surface area contributed by atoms with Gasteiger partial charge in [-0.25, -0.2) is 0 Å². The van der Waals surface area contributed by atoms with Crippen LogP contribution in [0.25, 0.3) is 0 Å². The van der Waals surface area contributed by atoms with Gasteiger partial charge in [0.05, 0.1) is 6.10 Å². The number of pyridine rings is 1. The van der Waals surface area contributed by atoms with Gasteiger partial charge in [0.1, 0.15) is 6.54 Å². The molecule has 0 unspecified atom stereocenters. The molecule has 1 heterocycles. The average molecular weight is 265 g/mol. The van der Waals surface area contributed by atoms with Crippen molar-refractivity contribution >= 4 is 11.6 Å². The first-order chi connectivity index (χ1) is 9.08. The summed E-state index contributed by atoms with van der Waals surface area (Å²) in [6, 6.07) is 3.03. The summed E-state index contributed by atoms with van der Waals surface area (Å²) in [6.45, 7) is 2.65. The van der Waals surface area contributed by atoms with Crippen molar-refractivity contribution in [1.82, 2.24) is 9.88 Å². The third kappa shape index (κ3) is 3.57. The summed E-state index contributed by atoms with van der Waals surface area (Å²) in [5.74, 6) is -0.173. The molecule has 0 radical (unpaired) electrons. The van der Waals surface area contributed by atoms with Gasteiger partial charge in [-0.2, -0.15) is 0 Å². The van der Waals surface area contributed by atoms with E-state index in [1.54, 1.807) is 0 Å². The standard InChI is InChI=1S/C13H19N3O3/c1-2-19-11-5-10(6-11)15-12(17)8-16-7-9(14)3-4-13(16)18/h3-4,7,10-11H,2,5-6,8,14H2,1H3,(H,15,17). The highest BCUT2D eigenvalue weighted by Gasteiger charge is 2.30. The van der Waals surface area contributed by atoms with Crippen LogP contribution in [0.1, 0.15) is 19.8 Å². The van der Waals surface area contributed by atoms with E-state index in [1.807, 2.05) is 6.92 Å². The topological polar surface area (TPSA) is 86.3 Å². The van der Waals surface area contributed by atoms with E-state index < -0.39 is 0 Å². The number of ether oxygens (including phenoxy) is 1. The molecule has 0 atom stereocenters. The van der Waals surface area contributed by atoms with Gasteiger partial charge in [-0.05, 0) is 25.8 Å². The van der Waals surface area contributed by atoms with Crippen LogP contribution in [-0.2, 0) is 16.1 Å². The molecular weight excluding hydrogens is 246 g/mol. The third-order valence-corrected chi connectivity index (χ3v) is 3.18. The van der Waals surface area contributed by atoms with E-state index in [9.17, 15) is 9.59 Å². The van der Waals surface area contributed by atoms with Gasteiger partial charge in [0.25, 0.3) is 5.56 Å². The molecule has 3 N–H and O–H groups in total. The number of aromatic nitrogens is 1. The van der Waals surface area contributed by atoms with Crippen LogP contribution in [-0.4, -0.2) is 29.2 Å². The molecule has 6 heteroatoms. The summed E-state index contributed by atoms with van der Waals surface area (Å²) in [7, 11) is 0. The maximum absolute atomic E-state index is 11.8. The SMILES string of the molecule is CCOC1CC(NC(=O)Cn2cc(N)ccc2=O)C1. The minimum Gasteiger partial charge on any atom is -0.398 e.